The summed E-state index contributed by atoms with van der Waals surface area (Å²) in [7, 11) is 0. The summed E-state index contributed by atoms with van der Waals surface area (Å²) in [5.41, 5.74) is 2.09. The molecule has 0 aliphatic carbocycles. The van der Waals surface area contributed by atoms with E-state index in [1.54, 1.807) is 0 Å². The van der Waals surface area contributed by atoms with Crippen LogP contribution >= 0.6 is 23.8 Å². The molecule has 3 heterocycles. The molecule has 31 heavy (non-hydrogen) atoms. The number of piperidine rings is 1. The third kappa shape index (κ3) is 5.68. The monoisotopic (exact) mass is 458 g/mol. The van der Waals surface area contributed by atoms with E-state index in [0.717, 1.165) is 68.1 Å². The number of pyridine rings is 1. The maximum absolute atomic E-state index is 6.27. The Hall–Kier alpha value is -1.89. The average Bonchev–Trinajstić information content (AvgIpc) is 2.79. The molecule has 1 aromatic heterocycles. The van der Waals surface area contributed by atoms with Gasteiger partial charge in [-0.25, -0.2) is 4.98 Å². The molecule has 2 aromatic rings. The quantitative estimate of drug-likeness (QED) is 0.614. The Bertz CT molecular complexity index is 885. The smallest absolute Gasteiger partial charge is 0.170 e. The van der Waals surface area contributed by atoms with Gasteiger partial charge in [-0.3, -0.25) is 0 Å². The molecule has 0 saturated carbocycles. The van der Waals surface area contributed by atoms with Gasteiger partial charge in [-0.2, -0.15) is 0 Å². The number of thiocarbonyl (C=S) groups is 1. The minimum absolute atomic E-state index is 0.0397. The van der Waals surface area contributed by atoms with Gasteiger partial charge in [0.2, 0.25) is 0 Å². The molecule has 2 aliphatic rings. The second kappa shape index (κ2) is 10.2. The van der Waals surface area contributed by atoms with Crippen LogP contribution in [0.4, 0.5) is 11.5 Å². The number of nitrogens with zero attached hydrogens (tertiary/aromatic N) is 2. The molecule has 2 fully saturated rings. The maximum atomic E-state index is 6.27. The van der Waals surface area contributed by atoms with Crippen LogP contribution in [-0.2, 0) is 10.2 Å². The highest BCUT2D eigenvalue weighted by atomic mass is 35.5. The van der Waals surface area contributed by atoms with Crippen LogP contribution in [0.3, 0.4) is 0 Å². The number of hydrogen-bond donors (Lipinski definition) is 2. The molecule has 0 spiro atoms. The second-order valence-electron chi connectivity index (χ2n) is 8.81. The fourth-order valence-corrected chi connectivity index (χ4v) is 5.00. The summed E-state index contributed by atoms with van der Waals surface area (Å²) in [6.45, 7) is 6.69. The number of rotatable bonds is 5. The van der Waals surface area contributed by atoms with Crippen molar-refractivity contribution in [3.8, 4) is 0 Å². The Morgan fingerprint density at radius 3 is 2.84 bits per heavy atom. The summed E-state index contributed by atoms with van der Waals surface area (Å²) >= 11 is 11.9. The van der Waals surface area contributed by atoms with Crippen LogP contribution in [0.1, 0.15) is 38.2 Å². The highest BCUT2D eigenvalue weighted by Crippen LogP contribution is 2.35. The lowest BCUT2D eigenvalue weighted by molar-refractivity contribution is 0.0515. The van der Waals surface area contributed by atoms with Crippen molar-refractivity contribution in [3.63, 3.8) is 0 Å². The van der Waals surface area contributed by atoms with E-state index in [2.05, 4.69) is 51.7 Å². The molecule has 1 atom stereocenters. The van der Waals surface area contributed by atoms with Crippen LogP contribution in [0.2, 0.25) is 5.02 Å². The first-order chi connectivity index (χ1) is 15.0. The molecule has 1 aromatic carbocycles. The first kappa shape index (κ1) is 22.3. The number of nitrogens with one attached hydrogen (secondary N) is 2. The van der Waals surface area contributed by atoms with Gasteiger partial charge in [0.05, 0.1) is 11.9 Å². The zero-order chi connectivity index (χ0) is 21.7. The highest BCUT2D eigenvalue weighted by Gasteiger charge is 2.34. The van der Waals surface area contributed by atoms with Crippen LogP contribution in [0, 0.1) is 5.92 Å². The topological polar surface area (TPSA) is 49.4 Å². The molecule has 4 rings (SSSR count). The van der Waals surface area contributed by atoms with Crippen LogP contribution in [0.5, 0.6) is 0 Å². The maximum Gasteiger partial charge on any atom is 0.170 e. The Kier molecular flexibility index (Phi) is 7.31. The third-order valence-electron chi connectivity index (χ3n) is 6.46. The largest absolute Gasteiger partial charge is 0.381 e. The lowest BCUT2D eigenvalue weighted by atomic mass is 9.74. The molecule has 0 amide bonds. The molecular weight excluding hydrogens is 428 g/mol. The molecule has 2 saturated heterocycles. The Labute approximate surface area is 195 Å². The van der Waals surface area contributed by atoms with Gasteiger partial charge in [-0.05, 0) is 73.6 Å². The van der Waals surface area contributed by atoms with E-state index in [4.69, 9.17) is 28.6 Å². The third-order valence-corrected chi connectivity index (χ3v) is 6.94. The average molecular weight is 459 g/mol. The lowest BCUT2D eigenvalue weighted by Crippen LogP contribution is -2.45. The van der Waals surface area contributed by atoms with Crippen molar-refractivity contribution in [1.29, 1.82) is 0 Å². The summed E-state index contributed by atoms with van der Waals surface area (Å²) < 4.78 is 5.63. The Morgan fingerprint density at radius 1 is 1.29 bits per heavy atom. The van der Waals surface area contributed by atoms with Gasteiger partial charge in [0, 0.05) is 43.3 Å². The normalized spacial score (nSPS) is 20.8. The van der Waals surface area contributed by atoms with Crippen molar-refractivity contribution in [2.75, 3.05) is 43.1 Å². The summed E-state index contributed by atoms with van der Waals surface area (Å²) in [6.07, 6.45) is 6.28. The van der Waals surface area contributed by atoms with Gasteiger partial charge in [-0.1, -0.05) is 30.7 Å². The van der Waals surface area contributed by atoms with Gasteiger partial charge in [-0.15, -0.1) is 0 Å². The van der Waals surface area contributed by atoms with Gasteiger partial charge in [0.25, 0.3) is 0 Å². The summed E-state index contributed by atoms with van der Waals surface area (Å²) in [5, 5.41) is 8.08. The molecule has 0 bridgehead atoms. The van der Waals surface area contributed by atoms with E-state index in [1.165, 1.54) is 18.4 Å². The predicted octanol–water partition coefficient (Wildman–Crippen LogP) is 5.01. The number of halogens is 1. The van der Waals surface area contributed by atoms with Crippen molar-refractivity contribution >= 4 is 40.4 Å². The number of anilines is 2. The molecule has 166 valence electrons. The van der Waals surface area contributed by atoms with E-state index < -0.39 is 0 Å². The van der Waals surface area contributed by atoms with E-state index in [-0.39, 0.29) is 5.41 Å². The number of ether oxygens (including phenoxy) is 1. The standard InChI is InChI=1S/C24H31ClN4OS/c1-18-4-3-11-29(16-18)22-8-7-21(15-26-22)28-23(31)27-17-24(9-12-30-13-10-24)19-5-2-6-20(25)14-19/h2,5-8,14-15,18H,3-4,9-13,16-17H2,1H3,(H2,27,28,31)/t18-/m1/s1. The van der Waals surface area contributed by atoms with Crippen molar-refractivity contribution in [2.45, 2.75) is 38.0 Å². The van der Waals surface area contributed by atoms with E-state index >= 15 is 0 Å². The van der Waals surface area contributed by atoms with Crippen molar-refractivity contribution in [2.24, 2.45) is 5.92 Å². The van der Waals surface area contributed by atoms with Crippen LogP contribution in [0.15, 0.2) is 42.6 Å². The Morgan fingerprint density at radius 2 is 2.13 bits per heavy atom. The van der Waals surface area contributed by atoms with Gasteiger partial charge in [0.1, 0.15) is 5.82 Å². The first-order valence-electron chi connectivity index (χ1n) is 11.1. The summed E-state index contributed by atoms with van der Waals surface area (Å²) in [4.78, 5) is 7.03. The molecule has 0 unspecified atom stereocenters. The SMILES string of the molecule is C[C@@H]1CCCN(c2ccc(NC(=S)NCC3(c4cccc(Cl)c4)CCOCC3)cn2)C1. The first-order valence-corrected chi connectivity index (χ1v) is 11.9. The van der Waals surface area contributed by atoms with E-state index in [0.29, 0.717) is 5.11 Å². The van der Waals surface area contributed by atoms with Gasteiger partial charge >= 0.3 is 0 Å². The lowest BCUT2D eigenvalue weighted by Gasteiger charge is -2.38. The summed E-state index contributed by atoms with van der Waals surface area (Å²) in [5.74, 6) is 1.76. The molecule has 0 radical (unpaired) electrons. The van der Waals surface area contributed by atoms with E-state index in [1.807, 2.05) is 18.3 Å². The van der Waals surface area contributed by atoms with Crippen LogP contribution in [-0.4, -0.2) is 42.9 Å². The fourth-order valence-electron chi connectivity index (χ4n) is 4.62. The molecule has 2 aliphatic heterocycles. The van der Waals surface area contributed by atoms with Crippen LogP contribution in [0.25, 0.3) is 0 Å². The van der Waals surface area contributed by atoms with Crippen LogP contribution < -0.4 is 15.5 Å². The minimum Gasteiger partial charge on any atom is -0.381 e. The summed E-state index contributed by atoms with van der Waals surface area (Å²) in [6, 6.07) is 12.3. The fraction of sp³-hybridized carbons (Fsp3) is 0.500. The zero-order valence-corrected chi connectivity index (χ0v) is 19.6. The molecule has 7 heteroatoms. The highest BCUT2D eigenvalue weighted by molar-refractivity contribution is 7.80. The van der Waals surface area contributed by atoms with Gasteiger partial charge in [0.15, 0.2) is 5.11 Å². The minimum atomic E-state index is -0.0397. The molecule has 5 nitrogen and oxygen atoms in total. The van der Waals surface area contributed by atoms with Crippen molar-refractivity contribution in [3.05, 3.63) is 53.2 Å². The number of benzene rings is 1. The van der Waals surface area contributed by atoms with E-state index in [9.17, 15) is 0 Å². The molecule has 2 N–H and O–H groups in total. The van der Waals surface area contributed by atoms with Crippen molar-refractivity contribution < 1.29 is 4.74 Å². The van der Waals surface area contributed by atoms with Crippen molar-refractivity contribution in [1.82, 2.24) is 10.3 Å². The van der Waals surface area contributed by atoms with Gasteiger partial charge < -0.3 is 20.3 Å². The second-order valence-corrected chi connectivity index (χ2v) is 9.65. The number of hydrogen-bond acceptors (Lipinski definition) is 4. The number of aromatic nitrogens is 1. The Balaban J connectivity index is 1.36. The zero-order valence-electron chi connectivity index (χ0n) is 18.1. The predicted molar refractivity (Wildman–Crippen MR) is 132 cm³/mol. The molecular formula is C24H31ClN4OS.